The number of hydrogen-bond acceptors (Lipinski definition) is 2. The van der Waals surface area contributed by atoms with Gasteiger partial charge in [0.15, 0.2) is 12.3 Å². The Kier molecular flexibility index (Phi) is 3.60. The molecule has 1 aromatic carbocycles. The minimum atomic E-state index is -4.17. The van der Waals surface area contributed by atoms with Gasteiger partial charge in [0, 0.05) is 25.0 Å². The summed E-state index contributed by atoms with van der Waals surface area (Å²) in [6, 6.07) is 4.78. The van der Waals surface area contributed by atoms with Crippen LogP contribution < -0.4 is 0 Å². The van der Waals surface area contributed by atoms with Gasteiger partial charge < -0.3 is 0 Å². The van der Waals surface area contributed by atoms with Crippen LogP contribution in [0, 0.1) is 0 Å². The largest absolute Gasteiger partial charge is 0.294 e. The first kappa shape index (κ1) is 14.9. The zero-order valence-corrected chi connectivity index (χ0v) is 12.9. The zero-order chi connectivity index (χ0) is 15.1. The monoisotopic (exact) mass is 294 g/mol. The van der Waals surface area contributed by atoms with Crippen molar-refractivity contribution in [3.63, 3.8) is 0 Å². The minimum Gasteiger partial charge on any atom is -0.282 e. The molecule has 0 aromatic heterocycles. The SMILES string of the molecule is C=CCC[N+]1=C(C)C(C)(C)c2cc(S(=O)(=O)O)ccc21. The third-order valence-electron chi connectivity index (χ3n) is 4.10. The maximum absolute atomic E-state index is 11.3. The molecule has 0 amide bonds. The Morgan fingerprint density at radius 3 is 2.60 bits per heavy atom. The predicted molar refractivity (Wildman–Crippen MR) is 79.6 cm³/mol. The smallest absolute Gasteiger partial charge is 0.282 e. The summed E-state index contributed by atoms with van der Waals surface area (Å²) in [7, 11) is -4.17. The molecule has 0 bridgehead atoms. The molecule has 108 valence electrons. The van der Waals surface area contributed by atoms with E-state index in [0.29, 0.717) is 0 Å². The fourth-order valence-electron chi connectivity index (χ4n) is 2.63. The molecule has 0 spiro atoms. The van der Waals surface area contributed by atoms with Crippen molar-refractivity contribution < 1.29 is 17.5 Å². The lowest BCUT2D eigenvalue weighted by molar-refractivity contribution is -0.437. The fourth-order valence-corrected chi connectivity index (χ4v) is 3.14. The summed E-state index contributed by atoms with van der Waals surface area (Å²) >= 11 is 0. The summed E-state index contributed by atoms with van der Waals surface area (Å²) in [4.78, 5) is -0.0531. The van der Waals surface area contributed by atoms with Gasteiger partial charge in [-0.1, -0.05) is 6.08 Å². The lowest BCUT2D eigenvalue weighted by Gasteiger charge is -2.15. The van der Waals surface area contributed by atoms with E-state index in [4.69, 9.17) is 0 Å². The number of rotatable bonds is 4. The van der Waals surface area contributed by atoms with Crippen LogP contribution in [0.3, 0.4) is 0 Å². The van der Waals surface area contributed by atoms with Crippen LogP contribution in [0.2, 0.25) is 0 Å². The molecular formula is C15H20NO3S+. The van der Waals surface area contributed by atoms with E-state index < -0.39 is 10.1 Å². The van der Waals surface area contributed by atoms with Crippen molar-refractivity contribution in [2.24, 2.45) is 0 Å². The molecule has 1 aliphatic heterocycles. The fraction of sp³-hybridized carbons (Fsp3) is 0.400. The third-order valence-corrected chi connectivity index (χ3v) is 4.95. The number of nitrogens with zero attached hydrogens (tertiary/aromatic N) is 1. The molecular weight excluding hydrogens is 274 g/mol. The number of fused-ring (bicyclic) bond motifs is 1. The van der Waals surface area contributed by atoms with Gasteiger partial charge >= 0.3 is 0 Å². The van der Waals surface area contributed by atoms with E-state index in [9.17, 15) is 13.0 Å². The van der Waals surface area contributed by atoms with Crippen LogP contribution in [-0.2, 0) is 15.5 Å². The lowest BCUT2D eigenvalue weighted by atomic mass is 9.82. The molecule has 0 saturated heterocycles. The van der Waals surface area contributed by atoms with Gasteiger partial charge in [0.2, 0.25) is 5.69 Å². The maximum atomic E-state index is 11.3. The highest BCUT2D eigenvalue weighted by atomic mass is 32.2. The van der Waals surface area contributed by atoms with Gasteiger partial charge in [-0.05, 0) is 26.0 Å². The van der Waals surface area contributed by atoms with Crippen molar-refractivity contribution in [3.8, 4) is 0 Å². The van der Waals surface area contributed by atoms with Gasteiger partial charge in [-0.15, -0.1) is 6.58 Å². The van der Waals surface area contributed by atoms with E-state index in [1.165, 1.54) is 11.8 Å². The molecule has 0 saturated carbocycles. The molecule has 0 radical (unpaired) electrons. The predicted octanol–water partition coefficient (Wildman–Crippen LogP) is 2.91. The molecule has 1 aromatic rings. The van der Waals surface area contributed by atoms with Crippen molar-refractivity contribution in [2.45, 2.75) is 37.5 Å². The summed E-state index contributed by atoms with van der Waals surface area (Å²) < 4.78 is 34.0. The van der Waals surface area contributed by atoms with Crippen molar-refractivity contribution >= 4 is 21.5 Å². The minimum absolute atomic E-state index is 0.0531. The summed E-state index contributed by atoms with van der Waals surface area (Å²) in [6.07, 6.45) is 2.72. The van der Waals surface area contributed by atoms with Crippen LogP contribution in [0.25, 0.3) is 0 Å². The van der Waals surface area contributed by atoms with Crippen LogP contribution >= 0.6 is 0 Å². The molecule has 0 unspecified atom stereocenters. The average Bonchev–Trinajstić information content (AvgIpc) is 2.55. The molecule has 2 rings (SSSR count). The summed E-state index contributed by atoms with van der Waals surface area (Å²) in [5, 5.41) is 0. The second-order valence-electron chi connectivity index (χ2n) is 5.59. The average molecular weight is 294 g/mol. The molecule has 0 fully saturated rings. The molecule has 1 N–H and O–H groups in total. The Morgan fingerprint density at radius 2 is 2.05 bits per heavy atom. The highest BCUT2D eigenvalue weighted by molar-refractivity contribution is 7.85. The third kappa shape index (κ3) is 2.31. The first-order chi connectivity index (χ1) is 9.19. The van der Waals surface area contributed by atoms with E-state index in [2.05, 4.69) is 31.9 Å². The van der Waals surface area contributed by atoms with Gasteiger partial charge in [0.1, 0.15) is 0 Å². The molecule has 1 heterocycles. The first-order valence-electron chi connectivity index (χ1n) is 6.54. The summed E-state index contributed by atoms with van der Waals surface area (Å²) in [6.45, 7) is 10.7. The lowest BCUT2D eigenvalue weighted by Crippen LogP contribution is -2.26. The van der Waals surface area contributed by atoms with Gasteiger partial charge in [-0.2, -0.15) is 13.0 Å². The highest BCUT2D eigenvalue weighted by Gasteiger charge is 2.43. The molecule has 20 heavy (non-hydrogen) atoms. The van der Waals surface area contributed by atoms with E-state index in [1.807, 2.05) is 6.08 Å². The molecule has 5 heteroatoms. The highest BCUT2D eigenvalue weighted by Crippen LogP contribution is 2.40. The van der Waals surface area contributed by atoms with E-state index in [0.717, 1.165) is 24.2 Å². The Bertz CT molecular complexity index is 700. The van der Waals surface area contributed by atoms with Crippen molar-refractivity contribution in [1.29, 1.82) is 0 Å². The van der Waals surface area contributed by atoms with Gasteiger partial charge in [-0.3, -0.25) is 4.55 Å². The first-order valence-corrected chi connectivity index (χ1v) is 7.98. The van der Waals surface area contributed by atoms with Crippen LogP contribution in [0.15, 0.2) is 35.7 Å². The zero-order valence-electron chi connectivity index (χ0n) is 12.0. The molecule has 4 nitrogen and oxygen atoms in total. The van der Waals surface area contributed by atoms with Crippen LogP contribution in [0.5, 0.6) is 0 Å². The van der Waals surface area contributed by atoms with Crippen molar-refractivity contribution in [1.82, 2.24) is 0 Å². The Balaban J connectivity index is 2.60. The van der Waals surface area contributed by atoms with E-state index >= 15 is 0 Å². The Labute approximate surface area is 120 Å². The number of benzene rings is 1. The van der Waals surface area contributed by atoms with Crippen LogP contribution in [0.4, 0.5) is 5.69 Å². The summed E-state index contributed by atoms with van der Waals surface area (Å²) in [5.41, 5.74) is 2.84. The van der Waals surface area contributed by atoms with Crippen LogP contribution in [-0.4, -0.2) is 29.8 Å². The van der Waals surface area contributed by atoms with Crippen molar-refractivity contribution in [3.05, 3.63) is 36.4 Å². The van der Waals surface area contributed by atoms with E-state index in [-0.39, 0.29) is 10.3 Å². The Morgan fingerprint density at radius 1 is 1.40 bits per heavy atom. The number of hydrogen-bond donors (Lipinski definition) is 1. The second kappa shape index (κ2) is 4.82. The maximum Gasteiger partial charge on any atom is 0.294 e. The Hall–Kier alpha value is -1.46. The molecule has 0 atom stereocenters. The van der Waals surface area contributed by atoms with E-state index in [1.54, 1.807) is 12.1 Å². The van der Waals surface area contributed by atoms with Gasteiger partial charge in [-0.25, -0.2) is 0 Å². The van der Waals surface area contributed by atoms with Gasteiger partial charge in [0.25, 0.3) is 10.1 Å². The van der Waals surface area contributed by atoms with Crippen LogP contribution in [0.1, 0.15) is 32.8 Å². The molecule has 0 aliphatic carbocycles. The van der Waals surface area contributed by atoms with Crippen molar-refractivity contribution in [2.75, 3.05) is 6.54 Å². The quantitative estimate of drug-likeness (QED) is 0.528. The normalized spacial score (nSPS) is 17.2. The van der Waals surface area contributed by atoms with Gasteiger partial charge in [0.05, 0.1) is 10.3 Å². The second-order valence-corrected chi connectivity index (χ2v) is 7.01. The topological polar surface area (TPSA) is 57.4 Å². The molecule has 1 aliphatic rings. The standard InChI is InChI=1S/C15H19NO3S/c1-5-6-9-16-11(2)15(3,4)13-10-12(20(17,18)19)7-8-14(13)16/h5,7-8,10H,1,6,9H2,2-4H3/p+1. The summed E-state index contributed by atoms with van der Waals surface area (Å²) in [5.74, 6) is 0.